The van der Waals surface area contributed by atoms with Gasteiger partial charge in [0.1, 0.15) is 7.85 Å². The predicted octanol–water partition coefficient (Wildman–Crippen LogP) is -0.164. The lowest BCUT2D eigenvalue weighted by Crippen LogP contribution is -2.42. The van der Waals surface area contributed by atoms with Gasteiger partial charge in [-0.2, -0.15) is 0 Å². The van der Waals surface area contributed by atoms with Crippen LogP contribution in [0.2, 0.25) is 6.32 Å². The van der Waals surface area contributed by atoms with Crippen molar-refractivity contribution in [2.75, 3.05) is 32.7 Å². The van der Waals surface area contributed by atoms with E-state index in [1.165, 1.54) is 45.5 Å². The van der Waals surface area contributed by atoms with Gasteiger partial charge < -0.3 is 4.90 Å². The van der Waals surface area contributed by atoms with Gasteiger partial charge in [-0.15, -0.1) is 0 Å². The van der Waals surface area contributed by atoms with Crippen LogP contribution in [0, 0.1) is 0 Å². The first-order valence-corrected chi connectivity index (χ1v) is 5.06. The predicted molar refractivity (Wildman–Crippen MR) is 55.7 cm³/mol. The van der Waals surface area contributed by atoms with E-state index in [1.54, 1.807) is 0 Å². The van der Waals surface area contributed by atoms with Crippen molar-refractivity contribution in [3.63, 3.8) is 0 Å². The van der Waals surface area contributed by atoms with E-state index in [0.717, 1.165) is 0 Å². The molecule has 0 saturated carbocycles. The molecule has 2 nitrogen and oxygen atoms in total. The van der Waals surface area contributed by atoms with E-state index in [9.17, 15) is 0 Å². The Morgan fingerprint density at radius 2 is 1.82 bits per heavy atom. The lowest BCUT2D eigenvalue weighted by molar-refractivity contribution is 0.196. The van der Waals surface area contributed by atoms with Crippen molar-refractivity contribution in [2.45, 2.75) is 12.7 Å². The molecule has 0 aromatic carbocycles. The van der Waals surface area contributed by atoms with Gasteiger partial charge in [-0.3, -0.25) is 4.67 Å². The molecule has 0 bridgehead atoms. The first-order chi connectivity index (χ1) is 5.33. The van der Waals surface area contributed by atoms with Crippen molar-refractivity contribution in [1.82, 2.24) is 9.57 Å². The van der Waals surface area contributed by atoms with Gasteiger partial charge in [-0.1, -0.05) is 15.7 Å². The van der Waals surface area contributed by atoms with Gasteiger partial charge in [0, 0.05) is 26.2 Å². The summed E-state index contributed by atoms with van der Waals surface area (Å²) in [4.78, 5) is 2.56. The van der Waals surface area contributed by atoms with Gasteiger partial charge in [0.15, 0.2) is 0 Å². The van der Waals surface area contributed by atoms with Crippen LogP contribution in [-0.2, 0) is 0 Å². The van der Waals surface area contributed by atoms with Crippen LogP contribution in [0.4, 0.5) is 0 Å². The third-order valence-corrected chi connectivity index (χ3v) is 2.75. The highest BCUT2D eigenvalue weighted by Crippen LogP contribution is 2.06. The summed E-state index contributed by atoms with van der Waals surface area (Å²) in [5.41, 5.74) is 0. The molecule has 0 N–H and O–H groups in total. The monoisotopic (exact) mass is 172 g/mol. The van der Waals surface area contributed by atoms with Gasteiger partial charge >= 0.3 is 0 Å². The van der Waals surface area contributed by atoms with Crippen LogP contribution in [0.5, 0.6) is 0 Å². The summed E-state index contributed by atoms with van der Waals surface area (Å²) < 4.78 is 2.32. The van der Waals surface area contributed by atoms with Crippen LogP contribution < -0.4 is 0 Å². The molecule has 1 aliphatic heterocycles. The molecule has 1 unspecified atom stereocenters. The largest absolute Gasteiger partial charge is 0.301 e. The molecule has 0 aliphatic carbocycles. The Morgan fingerprint density at radius 3 is 2.36 bits per heavy atom. The zero-order valence-corrected chi connectivity index (χ0v) is 8.58. The van der Waals surface area contributed by atoms with Crippen LogP contribution >= 0.6 is 9.39 Å². The van der Waals surface area contributed by atoms with E-state index in [4.69, 9.17) is 0 Å². The van der Waals surface area contributed by atoms with E-state index in [1.807, 2.05) is 0 Å². The molecule has 0 amide bonds. The number of nitrogens with zero attached hydrogens (tertiary/aromatic N) is 2. The molecule has 1 rings (SSSR count). The SMILES string of the molecule is BCCCN1CCN(P)CC1. The maximum absolute atomic E-state index is 2.78. The van der Waals surface area contributed by atoms with Crippen LogP contribution in [-0.4, -0.2) is 50.1 Å². The Balaban J connectivity index is 2.07. The summed E-state index contributed by atoms with van der Waals surface area (Å²) in [5, 5.41) is 0. The molecular weight excluding hydrogens is 154 g/mol. The molecule has 4 heteroatoms. The Labute approximate surface area is 73.0 Å². The first kappa shape index (κ1) is 9.50. The van der Waals surface area contributed by atoms with E-state index >= 15 is 0 Å². The fourth-order valence-corrected chi connectivity index (χ4v) is 1.60. The van der Waals surface area contributed by atoms with Crippen molar-refractivity contribution >= 4 is 17.2 Å². The summed E-state index contributed by atoms with van der Waals surface area (Å²) in [6.07, 6.45) is 2.68. The summed E-state index contributed by atoms with van der Waals surface area (Å²) in [7, 11) is 5.03. The van der Waals surface area contributed by atoms with Crippen molar-refractivity contribution in [2.24, 2.45) is 0 Å². The number of piperazine rings is 1. The number of hydrogen-bond donors (Lipinski definition) is 0. The zero-order valence-electron chi connectivity index (χ0n) is 7.42. The van der Waals surface area contributed by atoms with Gasteiger partial charge in [-0.05, 0) is 13.0 Å². The smallest absolute Gasteiger partial charge is 0.101 e. The fourth-order valence-electron chi connectivity index (χ4n) is 1.37. The molecule has 1 atom stereocenters. The lowest BCUT2D eigenvalue weighted by Gasteiger charge is -2.31. The van der Waals surface area contributed by atoms with Crippen LogP contribution in [0.3, 0.4) is 0 Å². The lowest BCUT2D eigenvalue weighted by atomic mass is 10.0. The molecule has 0 spiro atoms. The van der Waals surface area contributed by atoms with Crippen molar-refractivity contribution in [3.05, 3.63) is 0 Å². The van der Waals surface area contributed by atoms with Crippen molar-refractivity contribution in [3.8, 4) is 0 Å². The highest BCUT2D eigenvalue weighted by molar-refractivity contribution is 7.13. The first-order valence-electron chi connectivity index (χ1n) is 4.55. The molecular formula is C7H18BN2P. The summed E-state index contributed by atoms with van der Waals surface area (Å²) in [5.74, 6) is 0. The quantitative estimate of drug-likeness (QED) is 0.431. The van der Waals surface area contributed by atoms with Crippen LogP contribution in [0.1, 0.15) is 6.42 Å². The van der Waals surface area contributed by atoms with Crippen molar-refractivity contribution in [1.29, 1.82) is 0 Å². The number of hydrogen-bond acceptors (Lipinski definition) is 2. The van der Waals surface area contributed by atoms with Gasteiger partial charge in [0.2, 0.25) is 0 Å². The zero-order chi connectivity index (χ0) is 8.10. The number of rotatable bonds is 3. The van der Waals surface area contributed by atoms with Gasteiger partial charge in [0.25, 0.3) is 0 Å². The third kappa shape index (κ3) is 3.55. The summed E-state index contributed by atoms with van der Waals surface area (Å²) in [6, 6.07) is 0. The maximum atomic E-state index is 2.78. The topological polar surface area (TPSA) is 6.48 Å². The van der Waals surface area contributed by atoms with E-state index in [0.29, 0.717) is 0 Å². The molecule has 0 aromatic rings. The minimum atomic E-state index is 1.22. The second kappa shape index (κ2) is 5.13. The van der Waals surface area contributed by atoms with Gasteiger partial charge in [0.05, 0.1) is 0 Å². The van der Waals surface area contributed by atoms with E-state index in [2.05, 4.69) is 26.8 Å². The maximum Gasteiger partial charge on any atom is 0.101 e. The highest BCUT2D eigenvalue weighted by atomic mass is 31.0. The second-order valence-electron chi connectivity index (χ2n) is 3.23. The summed E-state index contributed by atoms with van der Waals surface area (Å²) in [6.45, 7) is 6.24. The Morgan fingerprint density at radius 1 is 1.18 bits per heavy atom. The third-order valence-electron chi connectivity index (χ3n) is 2.23. The molecule has 1 aliphatic rings. The van der Waals surface area contributed by atoms with Crippen LogP contribution in [0.15, 0.2) is 0 Å². The molecule has 64 valence electrons. The highest BCUT2D eigenvalue weighted by Gasteiger charge is 2.12. The standard InChI is InChI=1S/C7H18BN2P/c8-2-1-3-9-4-6-10(11)7-5-9/h1-8,11H2. The normalized spacial score (nSPS) is 22.3. The molecule has 0 radical (unpaired) electrons. The molecule has 1 saturated heterocycles. The average Bonchev–Trinajstić information content (AvgIpc) is 2.04. The van der Waals surface area contributed by atoms with Crippen LogP contribution in [0.25, 0.3) is 0 Å². The Kier molecular flexibility index (Phi) is 4.43. The Bertz CT molecular complexity index is 102. The van der Waals surface area contributed by atoms with E-state index < -0.39 is 0 Å². The molecule has 1 fully saturated rings. The van der Waals surface area contributed by atoms with E-state index in [-0.39, 0.29) is 0 Å². The minimum absolute atomic E-state index is 1.22. The second-order valence-corrected chi connectivity index (χ2v) is 3.96. The fraction of sp³-hybridized carbons (Fsp3) is 1.00. The molecule has 1 heterocycles. The summed E-state index contributed by atoms with van der Waals surface area (Å²) >= 11 is 0. The van der Waals surface area contributed by atoms with Crippen molar-refractivity contribution < 1.29 is 0 Å². The van der Waals surface area contributed by atoms with Gasteiger partial charge in [-0.25, -0.2) is 0 Å². The average molecular weight is 172 g/mol. The molecule has 0 aromatic heterocycles. The molecule has 11 heavy (non-hydrogen) atoms. The Hall–Kier alpha value is 0.415. The minimum Gasteiger partial charge on any atom is -0.301 e.